The molecule has 0 aliphatic rings. The van der Waals surface area contributed by atoms with E-state index in [9.17, 15) is 0 Å². The summed E-state index contributed by atoms with van der Waals surface area (Å²) in [5.41, 5.74) is 8.17. The summed E-state index contributed by atoms with van der Waals surface area (Å²) < 4.78 is 0. The van der Waals surface area contributed by atoms with Crippen molar-refractivity contribution < 1.29 is 0 Å². The molecule has 4 heteroatoms. The van der Waals surface area contributed by atoms with Crippen molar-refractivity contribution >= 4 is 5.82 Å². The van der Waals surface area contributed by atoms with Crippen LogP contribution in [0.1, 0.15) is 30.5 Å². The van der Waals surface area contributed by atoms with Crippen molar-refractivity contribution in [2.45, 2.75) is 25.8 Å². The summed E-state index contributed by atoms with van der Waals surface area (Å²) in [7, 11) is 0. The number of hydrogen-bond acceptors (Lipinski definition) is 4. The molecule has 0 aliphatic heterocycles. The zero-order valence-corrected chi connectivity index (χ0v) is 11.2. The van der Waals surface area contributed by atoms with Gasteiger partial charge in [-0.3, -0.25) is 4.98 Å². The predicted octanol–water partition coefficient (Wildman–Crippen LogP) is 2.34. The fourth-order valence-electron chi connectivity index (χ4n) is 2.08. The van der Waals surface area contributed by atoms with Crippen LogP contribution < -0.4 is 11.1 Å². The second-order valence-electron chi connectivity index (χ2n) is 4.58. The Morgan fingerprint density at radius 1 is 1.21 bits per heavy atom. The lowest BCUT2D eigenvalue weighted by atomic mass is 10.00. The van der Waals surface area contributed by atoms with E-state index in [1.54, 1.807) is 6.20 Å². The van der Waals surface area contributed by atoms with Gasteiger partial charge in [0.15, 0.2) is 0 Å². The Kier molecular flexibility index (Phi) is 4.86. The summed E-state index contributed by atoms with van der Waals surface area (Å²) in [4.78, 5) is 8.10. The highest BCUT2D eigenvalue weighted by molar-refractivity contribution is 5.33. The van der Waals surface area contributed by atoms with Crippen LogP contribution in [0.15, 0.2) is 42.9 Å². The third-order valence-electron chi connectivity index (χ3n) is 3.03. The van der Waals surface area contributed by atoms with E-state index in [4.69, 9.17) is 5.73 Å². The number of pyridine rings is 2. The summed E-state index contributed by atoms with van der Waals surface area (Å²) in [6, 6.07) is 8.33. The molecule has 2 rings (SSSR count). The highest BCUT2D eigenvalue weighted by atomic mass is 14.9. The minimum absolute atomic E-state index is 0.282. The van der Waals surface area contributed by atoms with Gasteiger partial charge in [-0.2, -0.15) is 0 Å². The van der Waals surface area contributed by atoms with Crippen molar-refractivity contribution in [2.75, 3.05) is 12.3 Å². The first-order valence-electron chi connectivity index (χ1n) is 6.63. The molecular weight excluding hydrogens is 236 g/mol. The number of nitrogens with two attached hydrogens (primary N) is 1. The number of nitrogens with one attached hydrogen (secondary N) is 1. The molecule has 0 saturated carbocycles. The predicted molar refractivity (Wildman–Crippen MR) is 77.6 cm³/mol. The van der Waals surface area contributed by atoms with E-state index >= 15 is 0 Å². The maximum absolute atomic E-state index is 5.73. The van der Waals surface area contributed by atoms with Crippen LogP contribution in [0.5, 0.6) is 0 Å². The van der Waals surface area contributed by atoms with Gasteiger partial charge in [0.05, 0.1) is 0 Å². The van der Waals surface area contributed by atoms with Gasteiger partial charge in [-0.15, -0.1) is 0 Å². The maximum atomic E-state index is 5.73. The van der Waals surface area contributed by atoms with Crippen molar-refractivity contribution in [3.8, 4) is 0 Å². The van der Waals surface area contributed by atoms with Crippen LogP contribution in [0.3, 0.4) is 0 Å². The molecule has 3 N–H and O–H groups in total. The molecule has 0 radical (unpaired) electrons. The smallest absolute Gasteiger partial charge is 0.123 e. The highest BCUT2D eigenvalue weighted by Crippen LogP contribution is 2.18. The van der Waals surface area contributed by atoms with Crippen molar-refractivity contribution in [2.24, 2.45) is 0 Å². The molecular formula is C15H20N4. The number of nitrogens with zero attached hydrogens (tertiary/aromatic N) is 2. The number of anilines is 1. The lowest BCUT2D eigenvalue weighted by molar-refractivity contribution is 0.529. The van der Waals surface area contributed by atoms with Gasteiger partial charge in [0, 0.05) is 24.6 Å². The summed E-state index contributed by atoms with van der Waals surface area (Å²) in [5.74, 6) is 0.571. The normalized spacial score (nSPS) is 12.3. The van der Waals surface area contributed by atoms with Gasteiger partial charge < -0.3 is 11.1 Å². The average molecular weight is 256 g/mol. The largest absolute Gasteiger partial charge is 0.384 e. The Hall–Kier alpha value is -1.94. The Bertz CT molecular complexity index is 499. The number of aromatic nitrogens is 2. The van der Waals surface area contributed by atoms with Crippen LogP contribution in [-0.4, -0.2) is 16.5 Å². The van der Waals surface area contributed by atoms with Gasteiger partial charge in [0.25, 0.3) is 0 Å². The van der Waals surface area contributed by atoms with Crippen LogP contribution in [-0.2, 0) is 6.42 Å². The fraction of sp³-hybridized carbons (Fsp3) is 0.333. The van der Waals surface area contributed by atoms with Crippen molar-refractivity contribution in [1.29, 1.82) is 0 Å². The zero-order chi connectivity index (χ0) is 13.5. The van der Waals surface area contributed by atoms with Gasteiger partial charge in [-0.25, -0.2) is 4.98 Å². The average Bonchev–Trinajstić information content (AvgIpc) is 2.44. The minimum atomic E-state index is 0.282. The van der Waals surface area contributed by atoms with Crippen LogP contribution in [0.2, 0.25) is 0 Å². The lowest BCUT2D eigenvalue weighted by Gasteiger charge is -2.19. The van der Waals surface area contributed by atoms with Crippen LogP contribution >= 0.6 is 0 Å². The SMILES string of the molecule is CCCNC(Cc1ccnc(N)c1)c1ccncc1. The first kappa shape index (κ1) is 13.5. The number of hydrogen-bond donors (Lipinski definition) is 2. The van der Waals surface area contributed by atoms with Crippen LogP contribution in [0, 0.1) is 0 Å². The maximum Gasteiger partial charge on any atom is 0.123 e. The van der Waals surface area contributed by atoms with E-state index in [-0.39, 0.29) is 6.04 Å². The molecule has 1 unspecified atom stereocenters. The topological polar surface area (TPSA) is 63.8 Å². The molecule has 2 heterocycles. The molecule has 0 aromatic carbocycles. The van der Waals surface area contributed by atoms with Crippen molar-refractivity contribution in [3.05, 3.63) is 54.0 Å². The van der Waals surface area contributed by atoms with Crippen LogP contribution in [0.4, 0.5) is 5.82 Å². The van der Waals surface area contributed by atoms with Gasteiger partial charge >= 0.3 is 0 Å². The second kappa shape index (κ2) is 6.85. The molecule has 0 spiro atoms. The monoisotopic (exact) mass is 256 g/mol. The minimum Gasteiger partial charge on any atom is -0.384 e. The zero-order valence-electron chi connectivity index (χ0n) is 11.2. The summed E-state index contributed by atoms with van der Waals surface area (Å²) >= 11 is 0. The molecule has 19 heavy (non-hydrogen) atoms. The van der Waals surface area contributed by atoms with Gasteiger partial charge in [0.1, 0.15) is 5.82 Å². The highest BCUT2D eigenvalue weighted by Gasteiger charge is 2.11. The Balaban J connectivity index is 2.14. The quantitative estimate of drug-likeness (QED) is 0.832. The third kappa shape index (κ3) is 4.03. The molecule has 100 valence electrons. The summed E-state index contributed by atoms with van der Waals surface area (Å²) in [6.45, 7) is 3.16. The Morgan fingerprint density at radius 2 is 2.00 bits per heavy atom. The molecule has 0 fully saturated rings. The first-order valence-corrected chi connectivity index (χ1v) is 6.63. The molecule has 0 amide bonds. The molecule has 0 aliphatic carbocycles. The standard InChI is InChI=1S/C15H20N4/c1-2-6-18-14(13-4-7-17-8-5-13)10-12-3-9-19-15(16)11-12/h3-5,7-9,11,14,18H,2,6,10H2,1H3,(H2,16,19). The Morgan fingerprint density at radius 3 is 2.68 bits per heavy atom. The van der Waals surface area contributed by atoms with E-state index in [1.165, 1.54) is 11.1 Å². The third-order valence-corrected chi connectivity index (χ3v) is 3.03. The molecule has 4 nitrogen and oxygen atoms in total. The van der Waals surface area contributed by atoms with Crippen LogP contribution in [0.25, 0.3) is 0 Å². The van der Waals surface area contributed by atoms with Gasteiger partial charge in [-0.1, -0.05) is 6.92 Å². The fourth-order valence-corrected chi connectivity index (χ4v) is 2.08. The first-order chi connectivity index (χ1) is 9.29. The van der Waals surface area contributed by atoms with E-state index < -0.39 is 0 Å². The van der Waals surface area contributed by atoms with E-state index in [0.717, 1.165) is 19.4 Å². The summed E-state index contributed by atoms with van der Waals surface area (Å²) in [5, 5.41) is 3.56. The lowest BCUT2D eigenvalue weighted by Crippen LogP contribution is -2.24. The molecule has 2 aromatic heterocycles. The number of rotatable bonds is 6. The van der Waals surface area contributed by atoms with E-state index in [2.05, 4.69) is 34.3 Å². The summed E-state index contributed by atoms with van der Waals surface area (Å²) in [6.07, 6.45) is 7.43. The van der Waals surface area contributed by atoms with Crippen molar-refractivity contribution in [3.63, 3.8) is 0 Å². The van der Waals surface area contributed by atoms with Gasteiger partial charge in [0.2, 0.25) is 0 Å². The molecule has 0 bridgehead atoms. The van der Waals surface area contributed by atoms with Gasteiger partial charge in [-0.05, 0) is 54.8 Å². The molecule has 2 aromatic rings. The van der Waals surface area contributed by atoms with E-state index in [0.29, 0.717) is 5.82 Å². The Labute approximate surface area is 114 Å². The van der Waals surface area contributed by atoms with E-state index in [1.807, 2.05) is 24.5 Å². The number of nitrogen functional groups attached to an aromatic ring is 1. The second-order valence-corrected chi connectivity index (χ2v) is 4.58. The van der Waals surface area contributed by atoms with Crippen molar-refractivity contribution in [1.82, 2.24) is 15.3 Å². The molecule has 1 atom stereocenters. The molecule has 0 saturated heterocycles.